The van der Waals surface area contributed by atoms with Crippen molar-refractivity contribution in [1.29, 1.82) is 0 Å². The van der Waals surface area contributed by atoms with Crippen molar-refractivity contribution < 1.29 is 4.74 Å². The summed E-state index contributed by atoms with van der Waals surface area (Å²) in [5.41, 5.74) is 3.08. The quantitative estimate of drug-likeness (QED) is 0.485. The Bertz CT molecular complexity index is 1060. The van der Waals surface area contributed by atoms with Gasteiger partial charge in [0.2, 0.25) is 5.95 Å². The SMILES string of the molecule is COc1ccc(CCNc2nnc(-c3ccncc3)n2-c2ccc(Cl)cc2)cc1. The zero-order valence-electron chi connectivity index (χ0n) is 15.9. The largest absolute Gasteiger partial charge is 0.497 e. The average molecular weight is 406 g/mol. The molecule has 4 rings (SSSR count). The summed E-state index contributed by atoms with van der Waals surface area (Å²) in [6.07, 6.45) is 4.34. The molecule has 0 radical (unpaired) electrons. The van der Waals surface area contributed by atoms with Crippen LogP contribution in [0.5, 0.6) is 5.75 Å². The third-order valence-electron chi connectivity index (χ3n) is 4.54. The van der Waals surface area contributed by atoms with Gasteiger partial charge in [0.25, 0.3) is 0 Å². The molecule has 7 heteroatoms. The Balaban J connectivity index is 1.59. The molecule has 0 aliphatic rings. The lowest BCUT2D eigenvalue weighted by Gasteiger charge is -2.12. The molecular formula is C22H20ClN5O. The van der Waals surface area contributed by atoms with Crippen LogP contribution in [-0.4, -0.2) is 33.4 Å². The summed E-state index contributed by atoms with van der Waals surface area (Å²) in [6, 6.07) is 19.5. The highest BCUT2D eigenvalue weighted by atomic mass is 35.5. The van der Waals surface area contributed by atoms with Crippen LogP contribution in [0.25, 0.3) is 17.1 Å². The van der Waals surface area contributed by atoms with E-state index in [1.165, 1.54) is 5.56 Å². The van der Waals surface area contributed by atoms with Gasteiger partial charge in [-0.05, 0) is 60.5 Å². The number of anilines is 1. The van der Waals surface area contributed by atoms with Gasteiger partial charge >= 0.3 is 0 Å². The third-order valence-corrected chi connectivity index (χ3v) is 4.79. The molecule has 0 spiro atoms. The number of aromatic nitrogens is 4. The van der Waals surface area contributed by atoms with Gasteiger partial charge < -0.3 is 10.1 Å². The van der Waals surface area contributed by atoms with Crippen LogP contribution in [0.2, 0.25) is 5.02 Å². The van der Waals surface area contributed by atoms with E-state index < -0.39 is 0 Å². The molecule has 0 aliphatic carbocycles. The number of rotatable bonds is 7. The number of methoxy groups -OCH3 is 1. The summed E-state index contributed by atoms with van der Waals surface area (Å²) < 4.78 is 7.20. The van der Waals surface area contributed by atoms with Crippen molar-refractivity contribution in [2.24, 2.45) is 0 Å². The molecule has 1 N–H and O–H groups in total. The predicted octanol–water partition coefficient (Wildman–Crippen LogP) is 4.65. The zero-order chi connectivity index (χ0) is 20.1. The maximum absolute atomic E-state index is 6.07. The number of hydrogen-bond donors (Lipinski definition) is 1. The Morgan fingerprint density at radius 2 is 1.66 bits per heavy atom. The average Bonchev–Trinajstić information content (AvgIpc) is 3.19. The van der Waals surface area contributed by atoms with Crippen LogP contribution in [0.15, 0.2) is 73.1 Å². The topological polar surface area (TPSA) is 64.9 Å². The van der Waals surface area contributed by atoms with E-state index in [0.717, 1.165) is 29.2 Å². The van der Waals surface area contributed by atoms with Crippen molar-refractivity contribution in [2.45, 2.75) is 6.42 Å². The second-order valence-electron chi connectivity index (χ2n) is 6.42. The van der Waals surface area contributed by atoms with E-state index in [0.29, 0.717) is 17.5 Å². The third kappa shape index (κ3) is 4.38. The summed E-state index contributed by atoms with van der Waals surface area (Å²) in [5.74, 6) is 2.26. The Kier molecular flexibility index (Phi) is 5.72. The van der Waals surface area contributed by atoms with E-state index in [4.69, 9.17) is 16.3 Å². The van der Waals surface area contributed by atoms with Gasteiger partial charge in [-0.15, -0.1) is 10.2 Å². The van der Waals surface area contributed by atoms with Gasteiger partial charge in [-0.2, -0.15) is 0 Å². The minimum Gasteiger partial charge on any atom is -0.497 e. The molecule has 0 unspecified atom stereocenters. The second-order valence-corrected chi connectivity index (χ2v) is 6.86. The summed E-state index contributed by atoms with van der Waals surface area (Å²) in [4.78, 5) is 4.09. The summed E-state index contributed by atoms with van der Waals surface area (Å²) >= 11 is 6.07. The summed E-state index contributed by atoms with van der Waals surface area (Å²) in [5, 5.41) is 12.9. The van der Waals surface area contributed by atoms with E-state index in [1.54, 1.807) is 19.5 Å². The first kappa shape index (κ1) is 19.0. The molecule has 0 saturated carbocycles. The van der Waals surface area contributed by atoms with Crippen molar-refractivity contribution in [3.8, 4) is 22.8 Å². The number of nitrogens with zero attached hydrogens (tertiary/aromatic N) is 4. The fourth-order valence-electron chi connectivity index (χ4n) is 3.03. The smallest absolute Gasteiger partial charge is 0.229 e. The van der Waals surface area contributed by atoms with Gasteiger partial charge in [0.1, 0.15) is 5.75 Å². The van der Waals surface area contributed by atoms with Gasteiger partial charge in [0.15, 0.2) is 5.82 Å². The molecular weight excluding hydrogens is 386 g/mol. The number of hydrogen-bond acceptors (Lipinski definition) is 5. The predicted molar refractivity (Wildman–Crippen MR) is 115 cm³/mol. The lowest BCUT2D eigenvalue weighted by Crippen LogP contribution is -2.10. The van der Waals surface area contributed by atoms with Crippen LogP contribution in [0.4, 0.5) is 5.95 Å². The van der Waals surface area contributed by atoms with Crippen LogP contribution >= 0.6 is 11.6 Å². The van der Waals surface area contributed by atoms with Gasteiger partial charge in [0.05, 0.1) is 12.8 Å². The maximum Gasteiger partial charge on any atom is 0.229 e. The number of ether oxygens (including phenoxy) is 1. The number of halogens is 1. The zero-order valence-corrected chi connectivity index (χ0v) is 16.7. The van der Waals surface area contributed by atoms with Gasteiger partial charge in [-0.1, -0.05) is 23.7 Å². The Morgan fingerprint density at radius 1 is 0.931 bits per heavy atom. The first-order valence-electron chi connectivity index (χ1n) is 9.23. The molecule has 0 bridgehead atoms. The summed E-state index contributed by atoms with van der Waals surface area (Å²) in [7, 11) is 1.67. The van der Waals surface area contributed by atoms with E-state index in [1.807, 2.05) is 53.1 Å². The van der Waals surface area contributed by atoms with Crippen LogP contribution in [0.1, 0.15) is 5.56 Å². The fourth-order valence-corrected chi connectivity index (χ4v) is 3.16. The molecule has 2 heterocycles. The molecule has 29 heavy (non-hydrogen) atoms. The Labute approximate surface area is 174 Å². The molecule has 2 aromatic carbocycles. The van der Waals surface area contributed by atoms with Gasteiger partial charge in [-0.3, -0.25) is 9.55 Å². The highest BCUT2D eigenvalue weighted by Gasteiger charge is 2.15. The van der Waals surface area contributed by atoms with Crippen LogP contribution in [0.3, 0.4) is 0 Å². The standard InChI is InChI=1S/C22H20ClN5O/c1-29-20-8-2-16(3-9-20)10-15-25-22-27-26-21(17-11-13-24-14-12-17)28(22)19-6-4-18(23)5-7-19/h2-9,11-14H,10,15H2,1H3,(H,25,27). The Hall–Kier alpha value is -3.38. The molecule has 0 aliphatic heterocycles. The lowest BCUT2D eigenvalue weighted by atomic mass is 10.1. The van der Waals surface area contributed by atoms with Crippen molar-refractivity contribution in [3.05, 3.63) is 83.6 Å². The summed E-state index contributed by atoms with van der Waals surface area (Å²) in [6.45, 7) is 0.717. The first-order chi connectivity index (χ1) is 14.2. The maximum atomic E-state index is 6.07. The highest BCUT2D eigenvalue weighted by molar-refractivity contribution is 6.30. The van der Waals surface area contributed by atoms with E-state index >= 15 is 0 Å². The fraction of sp³-hybridized carbons (Fsp3) is 0.136. The normalized spacial score (nSPS) is 10.7. The highest BCUT2D eigenvalue weighted by Crippen LogP contribution is 2.25. The van der Waals surface area contributed by atoms with Crippen molar-refractivity contribution in [1.82, 2.24) is 19.7 Å². The van der Waals surface area contributed by atoms with Gasteiger partial charge in [0, 0.05) is 29.5 Å². The number of pyridine rings is 1. The minimum absolute atomic E-state index is 0.674. The second kappa shape index (κ2) is 8.75. The van der Waals surface area contributed by atoms with Crippen molar-refractivity contribution in [3.63, 3.8) is 0 Å². The number of benzene rings is 2. The van der Waals surface area contributed by atoms with E-state index in [-0.39, 0.29) is 0 Å². The molecule has 2 aromatic heterocycles. The lowest BCUT2D eigenvalue weighted by molar-refractivity contribution is 0.414. The molecule has 146 valence electrons. The molecule has 0 saturated heterocycles. The minimum atomic E-state index is 0.674. The van der Waals surface area contributed by atoms with Crippen LogP contribution < -0.4 is 10.1 Å². The number of nitrogens with one attached hydrogen (secondary N) is 1. The van der Waals surface area contributed by atoms with Crippen LogP contribution in [0, 0.1) is 0 Å². The molecule has 0 amide bonds. The van der Waals surface area contributed by atoms with E-state index in [9.17, 15) is 0 Å². The molecule has 4 aromatic rings. The first-order valence-corrected chi connectivity index (χ1v) is 9.61. The van der Waals surface area contributed by atoms with Crippen molar-refractivity contribution >= 4 is 17.5 Å². The van der Waals surface area contributed by atoms with Gasteiger partial charge in [-0.25, -0.2) is 0 Å². The van der Waals surface area contributed by atoms with Crippen molar-refractivity contribution in [2.75, 3.05) is 19.0 Å². The van der Waals surface area contributed by atoms with E-state index in [2.05, 4.69) is 32.6 Å². The molecule has 6 nitrogen and oxygen atoms in total. The molecule has 0 fully saturated rings. The monoisotopic (exact) mass is 405 g/mol. The Morgan fingerprint density at radius 3 is 2.34 bits per heavy atom. The van der Waals surface area contributed by atoms with Crippen LogP contribution in [-0.2, 0) is 6.42 Å². The molecule has 0 atom stereocenters.